The van der Waals surface area contributed by atoms with Gasteiger partial charge in [-0.15, -0.1) is 0 Å². The van der Waals surface area contributed by atoms with Crippen molar-refractivity contribution in [3.8, 4) is 45.4 Å². The summed E-state index contributed by atoms with van der Waals surface area (Å²) >= 11 is 0. The van der Waals surface area contributed by atoms with Crippen LogP contribution in [0.2, 0.25) is 0 Å². The largest absolute Gasteiger partial charge is 0.508 e. The number of carboxylic acids is 1. The van der Waals surface area contributed by atoms with Crippen molar-refractivity contribution >= 4 is 16.9 Å². The summed E-state index contributed by atoms with van der Waals surface area (Å²) in [5.74, 6) is -1.79. The zero-order chi connectivity index (χ0) is 22.3. The highest BCUT2D eigenvalue weighted by Gasteiger charge is 2.22. The minimum atomic E-state index is -1.21. The molecule has 0 aliphatic carbocycles. The lowest BCUT2D eigenvalue weighted by Crippen LogP contribution is -2.02. The fourth-order valence-electron chi connectivity index (χ4n) is 3.36. The van der Waals surface area contributed by atoms with E-state index in [0.29, 0.717) is 5.56 Å². The van der Waals surface area contributed by atoms with E-state index in [0.717, 1.165) is 0 Å². The van der Waals surface area contributed by atoms with Gasteiger partial charge in [-0.25, -0.2) is 4.79 Å². The molecule has 0 bridgehead atoms. The standard InChI is InChI=1S/C23H16O8/c1-30-17-7-4-12(23(28)29)8-14(17)20-15(25)10-19-21(22(20)27)16(26)9-18(31-19)11-2-5-13(24)6-3-11/h2-10,24-25,27H,1H3,(H,28,29). The molecule has 4 aromatic rings. The van der Waals surface area contributed by atoms with Gasteiger partial charge in [0, 0.05) is 23.3 Å². The number of aromatic hydroxyl groups is 3. The van der Waals surface area contributed by atoms with Gasteiger partial charge in [-0.3, -0.25) is 4.79 Å². The zero-order valence-electron chi connectivity index (χ0n) is 16.1. The number of ether oxygens (including phenoxy) is 1. The molecule has 0 aliphatic rings. The van der Waals surface area contributed by atoms with Crippen LogP contribution in [-0.2, 0) is 0 Å². The molecule has 0 aliphatic heterocycles. The third-order valence-corrected chi connectivity index (χ3v) is 4.84. The van der Waals surface area contributed by atoms with E-state index < -0.39 is 22.9 Å². The summed E-state index contributed by atoms with van der Waals surface area (Å²) < 4.78 is 10.9. The summed E-state index contributed by atoms with van der Waals surface area (Å²) in [6.45, 7) is 0. The van der Waals surface area contributed by atoms with Crippen LogP contribution in [0.5, 0.6) is 23.0 Å². The maximum atomic E-state index is 12.8. The van der Waals surface area contributed by atoms with Crippen LogP contribution >= 0.6 is 0 Å². The predicted molar refractivity (Wildman–Crippen MR) is 112 cm³/mol. The Morgan fingerprint density at radius 2 is 1.68 bits per heavy atom. The van der Waals surface area contributed by atoms with Crippen LogP contribution in [-0.4, -0.2) is 33.5 Å². The van der Waals surface area contributed by atoms with Gasteiger partial charge >= 0.3 is 5.97 Å². The van der Waals surface area contributed by atoms with Crippen molar-refractivity contribution in [2.45, 2.75) is 0 Å². The van der Waals surface area contributed by atoms with E-state index in [9.17, 15) is 30.0 Å². The van der Waals surface area contributed by atoms with Crippen LogP contribution in [0.1, 0.15) is 10.4 Å². The maximum absolute atomic E-state index is 12.8. The highest BCUT2D eigenvalue weighted by atomic mass is 16.5. The predicted octanol–water partition coefficient (Wildman–Crippen LogP) is 3.95. The van der Waals surface area contributed by atoms with Gasteiger partial charge in [-0.1, -0.05) is 0 Å². The molecule has 1 heterocycles. The molecular formula is C23H16O8. The Hall–Kier alpha value is -4.46. The van der Waals surface area contributed by atoms with Gasteiger partial charge in [-0.2, -0.15) is 0 Å². The third-order valence-electron chi connectivity index (χ3n) is 4.84. The highest BCUT2D eigenvalue weighted by molar-refractivity contribution is 5.98. The van der Waals surface area contributed by atoms with Gasteiger partial charge in [0.2, 0.25) is 0 Å². The minimum Gasteiger partial charge on any atom is -0.508 e. The van der Waals surface area contributed by atoms with Crippen molar-refractivity contribution in [3.63, 3.8) is 0 Å². The first-order valence-corrected chi connectivity index (χ1v) is 9.04. The first-order valence-electron chi connectivity index (χ1n) is 9.04. The van der Waals surface area contributed by atoms with Crippen molar-refractivity contribution in [1.29, 1.82) is 0 Å². The molecule has 4 N–H and O–H groups in total. The molecule has 3 aromatic carbocycles. The topological polar surface area (TPSA) is 137 Å². The van der Waals surface area contributed by atoms with E-state index in [2.05, 4.69) is 0 Å². The number of hydrogen-bond acceptors (Lipinski definition) is 7. The van der Waals surface area contributed by atoms with Gasteiger partial charge in [0.05, 0.1) is 18.2 Å². The average molecular weight is 420 g/mol. The lowest BCUT2D eigenvalue weighted by atomic mass is 9.97. The van der Waals surface area contributed by atoms with Gasteiger partial charge in [0.15, 0.2) is 5.43 Å². The van der Waals surface area contributed by atoms with Gasteiger partial charge < -0.3 is 29.6 Å². The summed E-state index contributed by atoms with van der Waals surface area (Å²) in [6.07, 6.45) is 0. The lowest BCUT2D eigenvalue weighted by molar-refractivity contribution is 0.0697. The molecule has 156 valence electrons. The van der Waals surface area contributed by atoms with Crippen molar-refractivity contribution in [3.05, 3.63) is 70.4 Å². The molecule has 0 atom stereocenters. The second-order valence-corrected chi connectivity index (χ2v) is 6.73. The Labute approximate surface area is 174 Å². The molecule has 0 saturated carbocycles. The molecule has 1 aromatic heterocycles. The Morgan fingerprint density at radius 3 is 2.32 bits per heavy atom. The monoisotopic (exact) mass is 420 g/mol. The summed E-state index contributed by atoms with van der Waals surface area (Å²) in [5, 5.41) is 40.0. The molecule has 0 saturated heterocycles. The van der Waals surface area contributed by atoms with Crippen molar-refractivity contribution in [2.75, 3.05) is 7.11 Å². The number of phenols is 3. The molecule has 0 spiro atoms. The number of carboxylic acid groups (broad SMARTS) is 1. The summed E-state index contributed by atoms with van der Waals surface area (Å²) in [5.41, 5.74) is -0.280. The van der Waals surface area contributed by atoms with E-state index in [1.807, 2.05) is 0 Å². The lowest BCUT2D eigenvalue weighted by Gasteiger charge is -2.14. The summed E-state index contributed by atoms with van der Waals surface area (Å²) in [7, 11) is 1.35. The van der Waals surface area contributed by atoms with Crippen LogP contribution in [0.3, 0.4) is 0 Å². The van der Waals surface area contributed by atoms with Crippen LogP contribution in [0.4, 0.5) is 0 Å². The molecule has 4 rings (SSSR count). The third kappa shape index (κ3) is 3.40. The summed E-state index contributed by atoms with van der Waals surface area (Å²) in [6, 6.07) is 12.2. The number of aromatic carboxylic acids is 1. The minimum absolute atomic E-state index is 0.0457. The van der Waals surface area contributed by atoms with E-state index in [1.54, 1.807) is 12.1 Å². The van der Waals surface area contributed by atoms with Crippen molar-refractivity contribution in [1.82, 2.24) is 0 Å². The maximum Gasteiger partial charge on any atom is 0.335 e. The highest BCUT2D eigenvalue weighted by Crippen LogP contribution is 2.45. The molecule has 0 unspecified atom stereocenters. The van der Waals surface area contributed by atoms with E-state index in [4.69, 9.17) is 9.15 Å². The summed E-state index contributed by atoms with van der Waals surface area (Å²) in [4.78, 5) is 24.2. The number of fused-ring (bicyclic) bond motifs is 1. The first kappa shape index (κ1) is 19.8. The molecule has 8 nitrogen and oxygen atoms in total. The smallest absolute Gasteiger partial charge is 0.335 e. The molecular weight excluding hydrogens is 404 g/mol. The van der Waals surface area contributed by atoms with Crippen LogP contribution < -0.4 is 10.2 Å². The second kappa shape index (κ2) is 7.42. The van der Waals surface area contributed by atoms with Crippen molar-refractivity contribution in [2.24, 2.45) is 0 Å². The van der Waals surface area contributed by atoms with Gasteiger partial charge in [0.1, 0.15) is 39.7 Å². The molecule has 0 fully saturated rings. The van der Waals surface area contributed by atoms with Crippen LogP contribution in [0, 0.1) is 0 Å². The Morgan fingerprint density at radius 1 is 0.968 bits per heavy atom. The van der Waals surface area contributed by atoms with Gasteiger partial charge in [0.25, 0.3) is 0 Å². The number of hydrogen-bond donors (Lipinski definition) is 4. The van der Waals surface area contributed by atoms with E-state index in [1.165, 1.54) is 49.6 Å². The normalized spacial score (nSPS) is 10.9. The number of rotatable bonds is 4. The first-order chi connectivity index (χ1) is 14.8. The number of methoxy groups -OCH3 is 1. The zero-order valence-corrected chi connectivity index (χ0v) is 16.1. The SMILES string of the molecule is COc1ccc(C(=O)O)cc1-c1c(O)cc2oc(-c3ccc(O)cc3)cc(=O)c2c1O. The number of benzene rings is 3. The van der Waals surface area contributed by atoms with Crippen molar-refractivity contribution < 1.29 is 34.4 Å². The van der Waals surface area contributed by atoms with Crippen LogP contribution in [0.25, 0.3) is 33.4 Å². The number of carbonyl (C=O) groups is 1. The van der Waals surface area contributed by atoms with E-state index in [-0.39, 0.29) is 44.9 Å². The fourth-order valence-corrected chi connectivity index (χ4v) is 3.36. The second-order valence-electron chi connectivity index (χ2n) is 6.73. The molecule has 31 heavy (non-hydrogen) atoms. The molecule has 8 heteroatoms. The number of phenolic OH excluding ortho intramolecular Hbond substituents is 3. The van der Waals surface area contributed by atoms with E-state index >= 15 is 0 Å². The quantitative estimate of drug-likeness (QED) is 0.389. The Balaban J connectivity index is 1.98. The Kier molecular flexibility index (Phi) is 4.75. The van der Waals surface area contributed by atoms with Crippen LogP contribution in [0.15, 0.2) is 63.8 Å². The average Bonchev–Trinajstić information content (AvgIpc) is 2.73. The fraction of sp³-hybridized carbons (Fsp3) is 0.0435. The Bertz CT molecular complexity index is 1380. The van der Waals surface area contributed by atoms with Gasteiger partial charge in [-0.05, 0) is 42.5 Å². The molecule has 0 radical (unpaired) electrons. The molecule has 0 amide bonds.